The SMILES string of the molecule is Cc1ccc([C@H]2CC(c3ccc(C)c(C)c3-c3ccc(Cl)cc3)=NN2C(=O)C(F)(F)CC(=O)O)cc1. The van der Waals surface area contributed by atoms with Crippen LogP contribution in [0.2, 0.25) is 5.02 Å². The van der Waals surface area contributed by atoms with Gasteiger partial charge in [0.2, 0.25) is 0 Å². The Hall–Kier alpha value is -3.58. The number of hydrogen-bond acceptors (Lipinski definition) is 3. The van der Waals surface area contributed by atoms with E-state index in [1.54, 1.807) is 24.3 Å². The van der Waals surface area contributed by atoms with Gasteiger partial charge in [0.15, 0.2) is 0 Å². The van der Waals surface area contributed by atoms with Gasteiger partial charge in [-0.15, -0.1) is 0 Å². The minimum atomic E-state index is -4.10. The van der Waals surface area contributed by atoms with E-state index >= 15 is 0 Å². The van der Waals surface area contributed by atoms with Crippen LogP contribution < -0.4 is 0 Å². The zero-order valence-electron chi connectivity index (χ0n) is 20.1. The lowest BCUT2D eigenvalue weighted by molar-refractivity contribution is -0.167. The number of nitrogens with zero attached hydrogens (tertiary/aromatic N) is 2. The van der Waals surface area contributed by atoms with Crippen LogP contribution in [0.4, 0.5) is 8.78 Å². The van der Waals surface area contributed by atoms with Crippen LogP contribution in [0, 0.1) is 20.8 Å². The molecular weight excluding hydrogens is 486 g/mol. The summed E-state index contributed by atoms with van der Waals surface area (Å²) in [4.78, 5) is 23.9. The van der Waals surface area contributed by atoms with Crippen LogP contribution >= 0.6 is 11.6 Å². The number of hydrogen-bond donors (Lipinski definition) is 1. The van der Waals surface area contributed by atoms with E-state index in [4.69, 9.17) is 16.7 Å². The van der Waals surface area contributed by atoms with E-state index in [0.717, 1.165) is 38.4 Å². The number of rotatable bonds is 6. The summed E-state index contributed by atoms with van der Waals surface area (Å²) in [6, 6.07) is 17.5. The molecule has 5 nitrogen and oxygen atoms in total. The van der Waals surface area contributed by atoms with Gasteiger partial charge in [0, 0.05) is 17.0 Å². The van der Waals surface area contributed by atoms with Gasteiger partial charge in [0.25, 0.3) is 0 Å². The fourth-order valence-electron chi connectivity index (χ4n) is 4.39. The number of carboxylic acids is 1. The first-order valence-corrected chi connectivity index (χ1v) is 11.8. The van der Waals surface area contributed by atoms with Crippen LogP contribution in [0.25, 0.3) is 11.1 Å². The largest absolute Gasteiger partial charge is 0.481 e. The number of aryl methyl sites for hydroxylation is 2. The summed E-state index contributed by atoms with van der Waals surface area (Å²) >= 11 is 6.09. The van der Waals surface area contributed by atoms with E-state index in [1.807, 2.05) is 57.2 Å². The van der Waals surface area contributed by atoms with Crippen molar-refractivity contribution in [1.82, 2.24) is 5.01 Å². The number of aliphatic carboxylic acids is 1. The van der Waals surface area contributed by atoms with E-state index in [9.17, 15) is 18.4 Å². The van der Waals surface area contributed by atoms with Gasteiger partial charge in [0.05, 0.1) is 11.8 Å². The van der Waals surface area contributed by atoms with Crippen molar-refractivity contribution in [3.63, 3.8) is 0 Å². The van der Waals surface area contributed by atoms with Crippen molar-refractivity contribution in [3.05, 3.63) is 93.5 Å². The number of benzene rings is 3. The fraction of sp³-hybridized carbons (Fsp3) is 0.250. The highest BCUT2D eigenvalue weighted by molar-refractivity contribution is 6.30. The van der Waals surface area contributed by atoms with E-state index in [2.05, 4.69) is 5.10 Å². The first-order chi connectivity index (χ1) is 17.0. The molecule has 0 radical (unpaired) electrons. The molecule has 1 aliphatic heterocycles. The highest BCUT2D eigenvalue weighted by Gasteiger charge is 2.48. The van der Waals surface area contributed by atoms with Gasteiger partial charge in [-0.3, -0.25) is 9.59 Å². The van der Waals surface area contributed by atoms with E-state index in [1.165, 1.54) is 0 Å². The van der Waals surface area contributed by atoms with Crippen molar-refractivity contribution >= 4 is 29.2 Å². The molecule has 1 aliphatic rings. The van der Waals surface area contributed by atoms with Crippen molar-refractivity contribution in [1.29, 1.82) is 0 Å². The number of amides is 1. The van der Waals surface area contributed by atoms with Gasteiger partial charge in [-0.25, -0.2) is 5.01 Å². The molecule has 4 rings (SSSR count). The third kappa shape index (κ3) is 5.02. The van der Waals surface area contributed by atoms with Crippen LogP contribution in [0.15, 0.2) is 65.8 Å². The number of carboxylic acid groups (broad SMARTS) is 1. The monoisotopic (exact) mass is 510 g/mol. The minimum absolute atomic E-state index is 0.195. The van der Waals surface area contributed by atoms with Crippen molar-refractivity contribution in [3.8, 4) is 11.1 Å². The lowest BCUT2D eigenvalue weighted by Crippen LogP contribution is -2.42. The number of halogens is 3. The topological polar surface area (TPSA) is 70.0 Å². The molecule has 36 heavy (non-hydrogen) atoms. The maximum absolute atomic E-state index is 14.6. The summed E-state index contributed by atoms with van der Waals surface area (Å²) in [5.74, 6) is -7.50. The Morgan fingerprint density at radius 1 is 1.03 bits per heavy atom. The van der Waals surface area contributed by atoms with Crippen molar-refractivity contribution in [2.75, 3.05) is 0 Å². The summed E-state index contributed by atoms with van der Waals surface area (Å²) < 4.78 is 29.3. The average molecular weight is 511 g/mol. The Labute approximate surface area is 213 Å². The Morgan fingerprint density at radius 3 is 2.28 bits per heavy atom. The van der Waals surface area contributed by atoms with Crippen molar-refractivity contribution in [2.45, 2.75) is 45.6 Å². The highest BCUT2D eigenvalue weighted by atomic mass is 35.5. The Bertz CT molecular complexity index is 1350. The second kappa shape index (κ2) is 9.82. The molecule has 0 aliphatic carbocycles. The predicted octanol–water partition coefficient (Wildman–Crippen LogP) is 6.72. The molecule has 0 spiro atoms. The second-order valence-electron chi connectivity index (χ2n) is 9.04. The van der Waals surface area contributed by atoms with E-state index in [-0.39, 0.29) is 6.42 Å². The molecule has 8 heteroatoms. The van der Waals surface area contributed by atoms with Crippen molar-refractivity contribution in [2.24, 2.45) is 5.10 Å². The molecule has 0 saturated heterocycles. The molecule has 1 amide bonds. The first kappa shape index (κ1) is 25.5. The lowest BCUT2D eigenvalue weighted by Gasteiger charge is -2.25. The fourth-order valence-corrected chi connectivity index (χ4v) is 4.51. The van der Waals surface area contributed by atoms with Crippen LogP contribution in [0.5, 0.6) is 0 Å². The summed E-state index contributed by atoms with van der Waals surface area (Å²) in [6.45, 7) is 5.85. The molecule has 3 aromatic carbocycles. The molecule has 0 bridgehead atoms. The number of hydrazone groups is 1. The third-order valence-electron chi connectivity index (χ3n) is 6.45. The minimum Gasteiger partial charge on any atom is -0.481 e. The van der Waals surface area contributed by atoms with Gasteiger partial charge in [0.1, 0.15) is 6.42 Å². The Kier molecular flexibility index (Phi) is 6.96. The van der Waals surface area contributed by atoms with Gasteiger partial charge in [-0.2, -0.15) is 13.9 Å². The first-order valence-electron chi connectivity index (χ1n) is 11.4. The Balaban J connectivity index is 1.84. The maximum atomic E-state index is 14.6. The van der Waals surface area contributed by atoms with Gasteiger partial charge in [-0.1, -0.05) is 65.7 Å². The molecule has 1 atom stereocenters. The third-order valence-corrected chi connectivity index (χ3v) is 6.70. The standard InChI is InChI=1S/C28H25ClF2N2O3/c1-16-4-7-19(8-5-16)24-14-23(32-33(24)27(36)28(30,31)15-25(34)35)22-13-6-17(2)18(3)26(22)20-9-11-21(29)12-10-20/h4-13,24H,14-15H2,1-3H3,(H,34,35)/t24-/m1/s1. The normalized spacial score (nSPS) is 15.7. The molecule has 186 valence electrons. The van der Waals surface area contributed by atoms with E-state index in [0.29, 0.717) is 16.3 Å². The molecule has 1 heterocycles. The van der Waals surface area contributed by atoms with Crippen LogP contribution in [0.3, 0.4) is 0 Å². The smallest absolute Gasteiger partial charge is 0.337 e. The molecule has 0 unspecified atom stereocenters. The quantitative estimate of drug-likeness (QED) is 0.400. The molecular formula is C28H25ClF2N2O3. The molecule has 0 saturated carbocycles. The van der Waals surface area contributed by atoms with Crippen LogP contribution in [-0.4, -0.2) is 33.6 Å². The summed E-state index contributed by atoms with van der Waals surface area (Å²) in [5.41, 5.74) is 6.58. The van der Waals surface area contributed by atoms with Crippen molar-refractivity contribution < 1.29 is 23.5 Å². The lowest BCUT2D eigenvalue weighted by atomic mass is 9.88. The van der Waals surface area contributed by atoms with E-state index < -0.39 is 30.3 Å². The summed E-state index contributed by atoms with van der Waals surface area (Å²) in [7, 11) is 0. The molecule has 0 aromatic heterocycles. The average Bonchev–Trinajstić information content (AvgIpc) is 3.25. The van der Waals surface area contributed by atoms with Crippen LogP contribution in [-0.2, 0) is 9.59 Å². The zero-order chi connectivity index (χ0) is 26.2. The van der Waals surface area contributed by atoms with Gasteiger partial charge < -0.3 is 5.11 Å². The number of carbonyl (C=O) groups excluding carboxylic acids is 1. The predicted molar refractivity (Wildman–Crippen MR) is 135 cm³/mol. The highest BCUT2D eigenvalue weighted by Crippen LogP contribution is 2.39. The summed E-state index contributed by atoms with van der Waals surface area (Å²) in [5, 5.41) is 14.7. The van der Waals surface area contributed by atoms with Gasteiger partial charge in [-0.05, 0) is 60.7 Å². The van der Waals surface area contributed by atoms with Crippen LogP contribution in [0.1, 0.15) is 46.7 Å². The zero-order valence-corrected chi connectivity index (χ0v) is 20.8. The maximum Gasteiger partial charge on any atom is 0.337 e. The summed E-state index contributed by atoms with van der Waals surface area (Å²) in [6.07, 6.45) is -1.41. The number of carbonyl (C=O) groups is 2. The second-order valence-corrected chi connectivity index (χ2v) is 9.48. The molecule has 0 fully saturated rings. The van der Waals surface area contributed by atoms with Gasteiger partial charge >= 0.3 is 17.8 Å². The molecule has 3 aromatic rings. The number of alkyl halides is 2. The molecule has 1 N–H and O–H groups in total. The Morgan fingerprint density at radius 2 is 1.67 bits per heavy atom.